The van der Waals surface area contributed by atoms with E-state index in [0.29, 0.717) is 12.8 Å². The molecule has 2 amide bonds. The molecular formula is C16H21N3O2. The first-order valence-electron chi connectivity index (χ1n) is 7.50. The number of benzene rings is 1. The second kappa shape index (κ2) is 5.85. The van der Waals surface area contributed by atoms with Gasteiger partial charge in [-0.05, 0) is 31.2 Å². The van der Waals surface area contributed by atoms with Crippen molar-refractivity contribution in [2.75, 3.05) is 38.1 Å². The Morgan fingerprint density at radius 3 is 2.62 bits per heavy atom. The van der Waals surface area contributed by atoms with E-state index in [-0.39, 0.29) is 17.7 Å². The number of rotatable bonds is 2. The summed E-state index contributed by atoms with van der Waals surface area (Å²) in [4.78, 5) is 27.9. The van der Waals surface area contributed by atoms with Gasteiger partial charge in [0.15, 0.2) is 0 Å². The molecule has 1 aromatic rings. The van der Waals surface area contributed by atoms with Crippen molar-refractivity contribution in [1.82, 2.24) is 10.2 Å². The largest absolute Gasteiger partial charge is 0.369 e. The van der Waals surface area contributed by atoms with Crippen molar-refractivity contribution in [3.8, 4) is 0 Å². The molecule has 5 nitrogen and oxygen atoms in total. The molecule has 2 aliphatic heterocycles. The Hall–Kier alpha value is -1.88. The van der Waals surface area contributed by atoms with Crippen molar-refractivity contribution < 1.29 is 9.59 Å². The molecule has 112 valence electrons. The van der Waals surface area contributed by atoms with Gasteiger partial charge in [-0.2, -0.15) is 0 Å². The van der Waals surface area contributed by atoms with Gasteiger partial charge < -0.3 is 9.80 Å². The number of piperidine rings is 1. The maximum atomic E-state index is 12.0. The van der Waals surface area contributed by atoms with E-state index in [1.54, 1.807) is 0 Å². The van der Waals surface area contributed by atoms with Crippen LogP contribution in [0.1, 0.15) is 24.3 Å². The quantitative estimate of drug-likeness (QED) is 0.823. The molecule has 0 radical (unpaired) electrons. The van der Waals surface area contributed by atoms with Gasteiger partial charge in [0.1, 0.15) is 0 Å². The highest BCUT2D eigenvalue weighted by Crippen LogP contribution is 2.28. The predicted molar refractivity (Wildman–Crippen MR) is 81.3 cm³/mol. The lowest BCUT2D eigenvalue weighted by Gasteiger charge is -2.34. The molecule has 2 saturated heterocycles. The van der Waals surface area contributed by atoms with Crippen LogP contribution in [0.25, 0.3) is 0 Å². The second-order valence-electron chi connectivity index (χ2n) is 5.89. The van der Waals surface area contributed by atoms with Gasteiger partial charge in [-0.3, -0.25) is 14.9 Å². The summed E-state index contributed by atoms with van der Waals surface area (Å²) in [5.41, 5.74) is 2.18. The van der Waals surface area contributed by atoms with Crippen LogP contribution in [0, 0.1) is 0 Å². The Morgan fingerprint density at radius 2 is 1.90 bits per heavy atom. The van der Waals surface area contributed by atoms with Crippen molar-refractivity contribution in [2.24, 2.45) is 0 Å². The van der Waals surface area contributed by atoms with E-state index in [0.717, 1.165) is 31.7 Å². The van der Waals surface area contributed by atoms with Crippen LogP contribution < -0.4 is 10.2 Å². The summed E-state index contributed by atoms with van der Waals surface area (Å²) in [5.74, 6) is -0.525. The normalized spacial score (nSPS) is 24.0. The molecule has 1 unspecified atom stereocenters. The van der Waals surface area contributed by atoms with Crippen LogP contribution >= 0.6 is 0 Å². The number of amides is 2. The smallest absolute Gasteiger partial charge is 0.234 e. The number of likely N-dealkylation sites (N-methyl/N-ethyl adjacent to an activating group) is 1. The van der Waals surface area contributed by atoms with Crippen molar-refractivity contribution in [3.63, 3.8) is 0 Å². The van der Waals surface area contributed by atoms with Crippen LogP contribution in [0.2, 0.25) is 0 Å². The highest BCUT2D eigenvalue weighted by molar-refractivity contribution is 6.01. The van der Waals surface area contributed by atoms with Crippen LogP contribution in [0.4, 0.5) is 5.69 Å². The fourth-order valence-electron chi connectivity index (χ4n) is 3.01. The van der Waals surface area contributed by atoms with Crippen LogP contribution in [-0.2, 0) is 9.59 Å². The fraction of sp³-hybridized carbons (Fsp3) is 0.500. The zero-order valence-electron chi connectivity index (χ0n) is 12.3. The predicted octanol–water partition coefficient (Wildman–Crippen LogP) is 0.959. The Kier molecular flexibility index (Phi) is 3.92. The summed E-state index contributed by atoms with van der Waals surface area (Å²) in [7, 11) is 2.14. The summed E-state index contributed by atoms with van der Waals surface area (Å²) in [6, 6.07) is 8.19. The Balaban J connectivity index is 1.77. The van der Waals surface area contributed by atoms with E-state index < -0.39 is 0 Å². The minimum Gasteiger partial charge on any atom is -0.369 e. The van der Waals surface area contributed by atoms with E-state index in [1.807, 2.05) is 12.1 Å². The summed E-state index contributed by atoms with van der Waals surface area (Å²) >= 11 is 0. The molecule has 1 atom stereocenters. The second-order valence-corrected chi connectivity index (χ2v) is 5.89. The summed E-state index contributed by atoms with van der Waals surface area (Å²) in [6.45, 7) is 4.13. The third-order valence-electron chi connectivity index (χ3n) is 4.38. The third kappa shape index (κ3) is 3.08. The molecule has 2 fully saturated rings. The first-order chi connectivity index (χ1) is 10.1. The molecule has 21 heavy (non-hydrogen) atoms. The van der Waals surface area contributed by atoms with Gasteiger partial charge >= 0.3 is 0 Å². The van der Waals surface area contributed by atoms with Crippen LogP contribution in [0.15, 0.2) is 24.3 Å². The third-order valence-corrected chi connectivity index (χ3v) is 4.38. The highest BCUT2D eigenvalue weighted by atomic mass is 16.2. The Morgan fingerprint density at radius 1 is 1.14 bits per heavy atom. The van der Waals surface area contributed by atoms with Crippen molar-refractivity contribution in [1.29, 1.82) is 0 Å². The zero-order chi connectivity index (χ0) is 14.8. The molecule has 0 spiro atoms. The average Bonchev–Trinajstić information content (AvgIpc) is 2.48. The van der Waals surface area contributed by atoms with E-state index in [9.17, 15) is 9.59 Å². The Bertz CT molecular complexity index is 550. The summed E-state index contributed by atoms with van der Waals surface area (Å²) in [6.07, 6.45) is 1.03. The highest BCUT2D eigenvalue weighted by Gasteiger charge is 2.28. The van der Waals surface area contributed by atoms with E-state index >= 15 is 0 Å². The first kappa shape index (κ1) is 14.1. The lowest BCUT2D eigenvalue weighted by Crippen LogP contribution is -2.44. The summed E-state index contributed by atoms with van der Waals surface area (Å²) < 4.78 is 0. The van der Waals surface area contributed by atoms with Crippen molar-refractivity contribution in [2.45, 2.75) is 18.8 Å². The molecule has 2 aliphatic rings. The number of hydrogen-bond acceptors (Lipinski definition) is 4. The molecule has 2 heterocycles. The van der Waals surface area contributed by atoms with Gasteiger partial charge in [0.05, 0.1) is 5.92 Å². The molecule has 0 saturated carbocycles. The molecule has 0 aromatic heterocycles. The van der Waals surface area contributed by atoms with Gasteiger partial charge in [-0.15, -0.1) is 0 Å². The maximum absolute atomic E-state index is 12.0. The van der Waals surface area contributed by atoms with Crippen LogP contribution in [0.5, 0.6) is 0 Å². The van der Waals surface area contributed by atoms with Gasteiger partial charge in [0.2, 0.25) is 11.8 Å². The van der Waals surface area contributed by atoms with Crippen molar-refractivity contribution in [3.05, 3.63) is 29.8 Å². The van der Waals surface area contributed by atoms with Crippen LogP contribution in [-0.4, -0.2) is 49.9 Å². The molecular weight excluding hydrogens is 266 g/mol. The number of carbonyl (C=O) groups is 2. The lowest BCUT2D eigenvalue weighted by atomic mass is 9.90. The van der Waals surface area contributed by atoms with E-state index in [2.05, 4.69) is 34.3 Å². The summed E-state index contributed by atoms with van der Waals surface area (Å²) in [5, 5.41) is 2.43. The van der Waals surface area contributed by atoms with E-state index in [1.165, 1.54) is 5.69 Å². The number of nitrogens with zero attached hydrogens (tertiary/aromatic N) is 2. The van der Waals surface area contributed by atoms with Crippen molar-refractivity contribution >= 4 is 17.5 Å². The molecule has 0 aliphatic carbocycles. The monoisotopic (exact) mass is 287 g/mol. The van der Waals surface area contributed by atoms with Gasteiger partial charge in [-0.25, -0.2) is 0 Å². The number of anilines is 1. The molecule has 0 bridgehead atoms. The average molecular weight is 287 g/mol. The molecule has 3 rings (SSSR count). The van der Waals surface area contributed by atoms with Gasteiger partial charge in [0, 0.05) is 38.3 Å². The lowest BCUT2D eigenvalue weighted by molar-refractivity contribution is -0.134. The maximum Gasteiger partial charge on any atom is 0.234 e. The number of imide groups is 1. The Labute approximate surface area is 124 Å². The van der Waals surface area contributed by atoms with Gasteiger partial charge in [-0.1, -0.05) is 12.1 Å². The topological polar surface area (TPSA) is 52.6 Å². The number of hydrogen-bond donors (Lipinski definition) is 1. The standard InChI is InChI=1S/C16H21N3O2/c1-18-7-9-19(10-8-18)13-4-2-3-12(11-13)14-5-6-15(20)17-16(14)21/h2-4,11,14H,5-10H2,1H3,(H,17,20,21). The van der Waals surface area contributed by atoms with E-state index in [4.69, 9.17) is 0 Å². The molecule has 1 N–H and O–H groups in total. The molecule has 1 aromatic carbocycles. The fourth-order valence-corrected chi connectivity index (χ4v) is 3.01. The molecule has 5 heteroatoms. The number of carbonyl (C=O) groups excluding carboxylic acids is 2. The zero-order valence-corrected chi connectivity index (χ0v) is 12.3. The van der Waals surface area contributed by atoms with Gasteiger partial charge in [0.25, 0.3) is 0 Å². The SMILES string of the molecule is CN1CCN(c2cccc(C3CCC(=O)NC3=O)c2)CC1. The number of nitrogens with one attached hydrogen (secondary N) is 1. The minimum absolute atomic E-state index is 0.161. The minimum atomic E-state index is -0.199. The van der Waals surface area contributed by atoms with Crippen LogP contribution in [0.3, 0.4) is 0 Å². The first-order valence-corrected chi connectivity index (χ1v) is 7.50. The number of piperazine rings is 1.